The zero-order valence-electron chi connectivity index (χ0n) is 18.6. The maximum absolute atomic E-state index is 13.3. The summed E-state index contributed by atoms with van der Waals surface area (Å²) in [6, 6.07) is 11.9. The van der Waals surface area contributed by atoms with Crippen molar-refractivity contribution in [1.82, 2.24) is 25.5 Å². The molecule has 2 N–H and O–H groups in total. The van der Waals surface area contributed by atoms with Gasteiger partial charge >= 0.3 is 0 Å². The number of tetrazole rings is 1. The maximum atomic E-state index is 13.3. The second-order valence-electron chi connectivity index (χ2n) is 8.28. The molecule has 1 heterocycles. The van der Waals surface area contributed by atoms with E-state index in [0.29, 0.717) is 17.1 Å². The highest BCUT2D eigenvalue weighted by Gasteiger charge is 2.25. The predicted molar refractivity (Wildman–Crippen MR) is 119 cm³/mol. The molecule has 0 bridgehead atoms. The van der Waals surface area contributed by atoms with E-state index in [1.54, 1.807) is 43.3 Å². The van der Waals surface area contributed by atoms with E-state index in [0.717, 1.165) is 12.0 Å². The average molecular weight is 439 g/mol. The number of amides is 2. The molecule has 9 heteroatoms. The molecular formula is C23H27FN6O2. The van der Waals surface area contributed by atoms with Gasteiger partial charge in [0, 0.05) is 23.2 Å². The summed E-state index contributed by atoms with van der Waals surface area (Å²) in [6.07, 6.45) is 1.09. The number of benzene rings is 2. The molecule has 3 aromatic rings. The number of hydrogen-bond donors (Lipinski definition) is 2. The number of nitrogens with one attached hydrogen (secondary N) is 2. The molecule has 0 spiro atoms. The monoisotopic (exact) mass is 438 g/mol. The second kappa shape index (κ2) is 9.67. The molecule has 0 aliphatic heterocycles. The minimum absolute atomic E-state index is 0.173. The lowest BCUT2D eigenvalue weighted by Gasteiger charge is -2.24. The molecule has 3 rings (SSSR count). The van der Waals surface area contributed by atoms with Crippen molar-refractivity contribution in [2.24, 2.45) is 0 Å². The number of halogens is 1. The third-order valence-electron chi connectivity index (χ3n) is 5.35. The van der Waals surface area contributed by atoms with Crippen LogP contribution in [0.25, 0.3) is 0 Å². The fourth-order valence-electron chi connectivity index (χ4n) is 3.06. The Balaban J connectivity index is 1.75. The molecule has 0 fully saturated rings. The minimum atomic E-state index is -0.733. The minimum Gasteiger partial charge on any atom is -0.347 e. The Hall–Kier alpha value is -3.62. The molecule has 32 heavy (non-hydrogen) atoms. The molecule has 1 atom stereocenters. The van der Waals surface area contributed by atoms with Crippen LogP contribution in [0.5, 0.6) is 0 Å². The highest BCUT2D eigenvalue weighted by Crippen LogP contribution is 2.19. The van der Waals surface area contributed by atoms with Crippen LogP contribution in [0.1, 0.15) is 55.0 Å². The van der Waals surface area contributed by atoms with Gasteiger partial charge in [0.05, 0.1) is 0 Å². The van der Waals surface area contributed by atoms with Crippen molar-refractivity contribution >= 4 is 17.5 Å². The lowest BCUT2D eigenvalue weighted by atomic mass is 10.0. The molecule has 1 unspecified atom stereocenters. The zero-order chi connectivity index (χ0) is 23.3. The normalized spacial score (nSPS) is 12.3. The van der Waals surface area contributed by atoms with Crippen molar-refractivity contribution < 1.29 is 14.0 Å². The van der Waals surface area contributed by atoms with Crippen molar-refractivity contribution in [3.63, 3.8) is 0 Å². The number of anilines is 1. The average Bonchev–Trinajstić information content (AvgIpc) is 3.19. The van der Waals surface area contributed by atoms with Gasteiger partial charge in [-0.1, -0.05) is 19.1 Å². The van der Waals surface area contributed by atoms with Crippen LogP contribution < -0.4 is 10.6 Å². The second-order valence-corrected chi connectivity index (χ2v) is 8.28. The van der Waals surface area contributed by atoms with Crippen LogP contribution in [0.4, 0.5) is 10.1 Å². The highest BCUT2D eigenvalue weighted by molar-refractivity contribution is 5.97. The first-order valence-electron chi connectivity index (χ1n) is 10.4. The largest absolute Gasteiger partial charge is 0.347 e. The van der Waals surface area contributed by atoms with Gasteiger partial charge in [-0.25, -0.2) is 9.07 Å². The van der Waals surface area contributed by atoms with Crippen LogP contribution >= 0.6 is 0 Å². The highest BCUT2D eigenvalue weighted by atomic mass is 19.1. The van der Waals surface area contributed by atoms with Crippen molar-refractivity contribution in [2.45, 2.75) is 52.1 Å². The molecule has 0 aliphatic carbocycles. The number of nitrogens with zero attached hydrogens (tertiary/aromatic N) is 4. The molecule has 2 aromatic carbocycles. The number of aromatic nitrogens is 4. The van der Waals surface area contributed by atoms with Crippen molar-refractivity contribution in [3.05, 3.63) is 71.3 Å². The number of rotatable bonds is 8. The Labute approximate surface area is 186 Å². The van der Waals surface area contributed by atoms with E-state index in [4.69, 9.17) is 0 Å². The van der Waals surface area contributed by atoms with E-state index in [1.807, 2.05) is 20.8 Å². The first-order chi connectivity index (χ1) is 15.2. The Bertz CT molecular complexity index is 1080. The van der Waals surface area contributed by atoms with Crippen LogP contribution in [-0.4, -0.2) is 37.6 Å². The number of hydrogen-bond acceptors (Lipinski definition) is 5. The predicted octanol–water partition coefficient (Wildman–Crippen LogP) is 3.46. The van der Waals surface area contributed by atoms with E-state index < -0.39 is 6.04 Å². The lowest BCUT2D eigenvalue weighted by molar-refractivity contribution is -0.119. The summed E-state index contributed by atoms with van der Waals surface area (Å²) in [4.78, 5) is 25.5. The summed E-state index contributed by atoms with van der Waals surface area (Å²) >= 11 is 0. The SMILES string of the molecule is CCC(C)(C)NC(=O)c1ccc(NC(=O)C(Cc2ccc(F)cc2)n2nnnc2C)cc1. The molecule has 0 saturated heterocycles. The van der Waals surface area contributed by atoms with Crippen molar-refractivity contribution in [1.29, 1.82) is 0 Å². The van der Waals surface area contributed by atoms with Gasteiger partial charge in [-0.3, -0.25) is 9.59 Å². The fourth-order valence-corrected chi connectivity index (χ4v) is 3.06. The topological polar surface area (TPSA) is 102 Å². The smallest absolute Gasteiger partial charge is 0.251 e. The summed E-state index contributed by atoms with van der Waals surface area (Å²) in [6.45, 7) is 7.63. The lowest BCUT2D eigenvalue weighted by Crippen LogP contribution is -2.42. The Morgan fingerprint density at radius 3 is 2.31 bits per heavy atom. The molecule has 0 aliphatic rings. The molecule has 0 saturated carbocycles. The maximum Gasteiger partial charge on any atom is 0.251 e. The third kappa shape index (κ3) is 5.75. The Morgan fingerprint density at radius 2 is 1.75 bits per heavy atom. The van der Waals surface area contributed by atoms with Crippen molar-refractivity contribution in [2.75, 3.05) is 5.32 Å². The molecule has 1 aromatic heterocycles. The fraction of sp³-hybridized carbons (Fsp3) is 0.348. The van der Waals surface area contributed by atoms with Crippen LogP contribution in [0.2, 0.25) is 0 Å². The van der Waals surface area contributed by atoms with Gasteiger partial charge < -0.3 is 10.6 Å². The molecule has 0 radical (unpaired) electrons. The van der Waals surface area contributed by atoms with E-state index in [9.17, 15) is 14.0 Å². The van der Waals surface area contributed by atoms with Gasteiger partial charge in [0.15, 0.2) is 0 Å². The summed E-state index contributed by atoms with van der Waals surface area (Å²) in [7, 11) is 0. The van der Waals surface area contributed by atoms with Gasteiger partial charge in [0.1, 0.15) is 17.7 Å². The van der Waals surface area contributed by atoms with Gasteiger partial charge in [0.2, 0.25) is 5.91 Å². The summed E-state index contributed by atoms with van der Waals surface area (Å²) < 4.78 is 14.7. The Kier molecular flexibility index (Phi) is 6.97. The first kappa shape index (κ1) is 23.1. The number of carbonyl (C=O) groups is 2. The van der Waals surface area contributed by atoms with Crippen LogP contribution in [0.3, 0.4) is 0 Å². The van der Waals surface area contributed by atoms with Gasteiger partial charge in [-0.15, -0.1) is 5.10 Å². The van der Waals surface area contributed by atoms with Crippen LogP contribution in [0.15, 0.2) is 48.5 Å². The van der Waals surface area contributed by atoms with E-state index in [1.165, 1.54) is 16.8 Å². The zero-order valence-corrected chi connectivity index (χ0v) is 18.6. The summed E-state index contributed by atoms with van der Waals surface area (Å²) in [5.41, 5.74) is 1.51. The summed E-state index contributed by atoms with van der Waals surface area (Å²) in [5.74, 6) is -0.361. The molecular weight excluding hydrogens is 411 g/mol. The van der Waals surface area contributed by atoms with Crippen LogP contribution in [-0.2, 0) is 11.2 Å². The first-order valence-corrected chi connectivity index (χ1v) is 10.4. The van der Waals surface area contributed by atoms with Gasteiger partial charge in [0.25, 0.3) is 5.91 Å². The van der Waals surface area contributed by atoms with Gasteiger partial charge in [-0.2, -0.15) is 0 Å². The van der Waals surface area contributed by atoms with Crippen LogP contribution in [0, 0.1) is 12.7 Å². The van der Waals surface area contributed by atoms with E-state index >= 15 is 0 Å². The molecule has 8 nitrogen and oxygen atoms in total. The molecule has 168 valence electrons. The Morgan fingerprint density at radius 1 is 1.09 bits per heavy atom. The molecule has 2 amide bonds. The quantitative estimate of drug-likeness (QED) is 0.561. The summed E-state index contributed by atoms with van der Waals surface area (Å²) in [5, 5.41) is 17.3. The van der Waals surface area contributed by atoms with E-state index in [2.05, 4.69) is 26.2 Å². The third-order valence-corrected chi connectivity index (χ3v) is 5.35. The van der Waals surface area contributed by atoms with E-state index in [-0.39, 0.29) is 29.6 Å². The standard InChI is InChI=1S/C23H27FN6O2/c1-5-23(3,4)26-21(31)17-8-12-19(13-9-17)25-22(32)20(30-15(2)27-28-29-30)14-16-6-10-18(24)11-7-16/h6-13,20H,5,14H2,1-4H3,(H,25,32)(H,26,31). The number of aryl methyl sites for hydroxylation is 1. The number of carbonyl (C=O) groups excluding carboxylic acids is 2. The van der Waals surface area contributed by atoms with Crippen molar-refractivity contribution in [3.8, 4) is 0 Å². The van der Waals surface area contributed by atoms with Gasteiger partial charge in [-0.05, 0) is 79.6 Å².